The predicted molar refractivity (Wildman–Crippen MR) is 97.7 cm³/mol. The van der Waals surface area contributed by atoms with E-state index in [0.29, 0.717) is 11.8 Å². The number of aryl methyl sites for hydroxylation is 1. The van der Waals surface area contributed by atoms with Gasteiger partial charge < -0.3 is 5.11 Å². The van der Waals surface area contributed by atoms with Crippen molar-refractivity contribution in [1.82, 2.24) is 0 Å². The summed E-state index contributed by atoms with van der Waals surface area (Å²) >= 11 is 0. The van der Waals surface area contributed by atoms with Crippen LogP contribution < -0.4 is 0 Å². The van der Waals surface area contributed by atoms with Gasteiger partial charge in [0.2, 0.25) is 0 Å². The fourth-order valence-corrected chi connectivity index (χ4v) is 6.21. The number of aliphatic hydroxyl groups is 1. The first-order chi connectivity index (χ1) is 11.7. The molecule has 0 aliphatic heterocycles. The van der Waals surface area contributed by atoms with Crippen molar-refractivity contribution >= 4 is 10.1 Å². The summed E-state index contributed by atoms with van der Waals surface area (Å²) in [5.41, 5.74) is 1.13. The van der Waals surface area contributed by atoms with E-state index in [4.69, 9.17) is 4.18 Å². The molecule has 0 unspecified atom stereocenters. The highest BCUT2D eigenvalue weighted by Crippen LogP contribution is 2.57. The average Bonchev–Trinajstić information content (AvgIpc) is 2.92. The Hall–Kier alpha value is -0.910. The fourth-order valence-electron chi connectivity index (χ4n) is 5.21. The third kappa shape index (κ3) is 3.64. The van der Waals surface area contributed by atoms with Crippen LogP contribution in [0.2, 0.25) is 0 Å². The molecule has 5 atom stereocenters. The highest BCUT2D eigenvalue weighted by molar-refractivity contribution is 7.86. The van der Waals surface area contributed by atoms with Crippen LogP contribution in [0.4, 0.5) is 0 Å². The molecule has 1 N–H and O–H groups in total. The topological polar surface area (TPSA) is 63.6 Å². The van der Waals surface area contributed by atoms with Gasteiger partial charge in [-0.1, -0.05) is 38.0 Å². The molecular weight excluding hydrogens is 336 g/mol. The first-order valence-electron chi connectivity index (χ1n) is 9.38. The Balaban J connectivity index is 1.66. The van der Waals surface area contributed by atoms with Gasteiger partial charge in [0.15, 0.2) is 0 Å². The van der Waals surface area contributed by atoms with Gasteiger partial charge in [0.25, 0.3) is 10.1 Å². The van der Waals surface area contributed by atoms with Crippen LogP contribution in [0.3, 0.4) is 0 Å². The Labute approximate surface area is 151 Å². The molecule has 0 spiro atoms. The van der Waals surface area contributed by atoms with E-state index in [0.717, 1.165) is 37.7 Å². The van der Waals surface area contributed by atoms with Crippen LogP contribution in [0.25, 0.3) is 0 Å². The van der Waals surface area contributed by atoms with E-state index in [1.54, 1.807) is 24.3 Å². The highest BCUT2D eigenvalue weighted by atomic mass is 32.2. The van der Waals surface area contributed by atoms with Crippen molar-refractivity contribution in [3.05, 3.63) is 29.8 Å². The van der Waals surface area contributed by atoms with E-state index in [2.05, 4.69) is 13.8 Å². The maximum absolute atomic E-state index is 12.4. The van der Waals surface area contributed by atoms with Crippen molar-refractivity contribution in [2.45, 2.75) is 63.9 Å². The largest absolute Gasteiger partial charge is 0.393 e. The van der Waals surface area contributed by atoms with E-state index in [9.17, 15) is 13.5 Å². The molecule has 140 valence electrons. The normalized spacial score (nSPS) is 33.8. The highest BCUT2D eigenvalue weighted by Gasteiger charge is 2.52. The number of hydrogen-bond donors (Lipinski definition) is 1. The van der Waals surface area contributed by atoms with Gasteiger partial charge >= 0.3 is 0 Å². The van der Waals surface area contributed by atoms with E-state index in [1.165, 1.54) is 0 Å². The second-order valence-corrected chi connectivity index (χ2v) is 9.90. The van der Waals surface area contributed by atoms with Crippen molar-refractivity contribution in [2.75, 3.05) is 6.61 Å². The number of aliphatic hydroxyl groups excluding tert-OH is 1. The van der Waals surface area contributed by atoms with Gasteiger partial charge in [0.1, 0.15) is 0 Å². The molecule has 0 bridgehead atoms. The van der Waals surface area contributed by atoms with Crippen molar-refractivity contribution in [2.24, 2.45) is 23.2 Å². The van der Waals surface area contributed by atoms with Crippen LogP contribution in [0.15, 0.2) is 29.2 Å². The lowest BCUT2D eigenvalue weighted by Crippen LogP contribution is -2.42. The van der Waals surface area contributed by atoms with Gasteiger partial charge in [0.05, 0.1) is 17.6 Å². The van der Waals surface area contributed by atoms with E-state index >= 15 is 0 Å². The summed E-state index contributed by atoms with van der Waals surface area (Å²) in [5.74, 6) is 0.906. The van der Waals surface area contributed by atoms with Gasteiger partial charge in [0, 0.05) is 0 Å². The summed E-state index contributed by atoms with van der Waals surface area (Å²) in [7, 11) is -3.71. The Morgan fingerprint density at radius 1 is 1.24 bits per heavy atom. The molecule has 1 aromatic rings. The average molecular weight is 367 g/mol. The zero-order chi connectivity index (χ0) is 18.2. The van der Waals surface area contributed by atoms with Crippen molar-refractivity contribution in [3.63, 3.8) is 0 Å². The Morgan fingerprint density at radius 2 is 1.92 bits per heavy atom. The molecule has 2 aliphatic carbocycles. The number of fused-ring (bicyclic) bond motifs is 1. The van der Waals surface area contributed by atoms with E-state index in [-0.39, 0.29) is 28.9 Å². The molecule has 4 nitrogen and oxygen atoms in total. The van der Waals surface area contributed by atoms with Crippen molar-refractivity contribution < 1.29 is 17.7 Å². The first-order valence-corrected chi connectivity index (χ1v) is 10.8. The molecule has 2 aliphatic rings. The minimum Gasteiger partial charge on any atom is -0.393 e. The van der Waals surface area contributed by atoms with Crippen LogP contribution in [-0.2, 0) is 14.3 Å². The maximum Gasteiger partial charge on any atom is 0.296 e. The standard InChI is InChI=1S/C20H30O4S/c1-14-6-8-16(9-7-14)25(22,23)24-13-15(2)17-10-11-18-19(21)5-4-12-20(17,18)3/h6-9,15,17-19,21H,4-5,10-13H2,1-3H3/t15-,17-,18+,19+,20-/m1/s1. The first kappa shape index (κ1) is 18.9. The molecular formula is C20H30O4S. The van der Waals surface area contributed by atoms with Gasteiger partial charge in [-0.05, 0) is 67.9 Å². The fraction of sp³-hybridized carbons (Fsp3) is 0.700. The third-order valence-corrected chi connectivity index (χ3v) is 7.94. The van der Waals surface area contributed by atoms with Crippen molar-refractivity contribution in [3.8, 4) is 0 Å². The molecule has 0 heterocycles. The van der Waals surface area contributed by atoms with Crippen LogP contribution in [0, 0.1) is 30.1 Å². The smallest absolute Gasteiger partial charge is 0.296 e. The van der Waals surface area contributed by atoms with Crippen LogP contribution >= 0.6 is 0 Å². The molecule has 1 aromatic carbocycles. The molecule has 0 amide bonds. The molecule has 2 fully saturated rings. The number of hydrogen-bond acceptors (Lipinski definition) is 4. The summed E-state index contributed by atoms with van der Waals surface area (Å²) in [6, 6.07) is 6.76. The summed E-state index contributed by atoms with van der Waals surface area (Å²) in [6.07, 6.45) is 4.96. The summed E-state index contributed by atoms with van der Waals surface area (Å²) in [6.45, 7) is 6.50. The maximum atomic E-state index is 12.4. The number of rotatable bonds is 5. The SMILES string of the molecule is Cc1ccc(S(=O)(=O)OC[C@@H](C)[C@H]2CC[C@H]3[C@@H](O)CCC[C@]23C)cc1. The second-order valence-electron chi connectivity index (χ2n) is 8.28. The molecule has 5 heteroatoms. The molecule has 0 saturated heterocycles. The molecule has 0 radical (unpaired) electrons. The molecule has 0 aromatic heterocycles. The predicted octanol–water partition coefficient (Wildman–Crippen LogP) is 3.91. The zero-order valence-electron chi connectivity index (χ0n) is 15.4. The monoisotopic (exact) mass is 366 g/mol. The molecule has 3 rings (SSSR count). The molecule has 2 saturated carbocycles. The second kappa shape index (κ2) is 7.01. The van der Waals surface area contributed by atoms with Crippen LogP contribution in [-0.4, -0.2) is 26.2 Å². The summed E-state index contributed by atoms with van der Waals surface area (Å²) < 4.78 is 30.2. The van der Waals surface area contributed by atoms with Crippen molar-refractivity contribution in [1.29, 1.82) is 0 Å². The minimum atomic E-state index is -3.71. The zero-order valence-corrected chi connectivity index (χ0v) is 16.3. The quantitative estimate of drug-likeness (QED) is 0.803. The van der Waals surface area contributed by atoms with E-state index < -0.39 is 10.1 Å². The third-order valence-electron chi connectivity index (χ3n) is 6.65. The van der Waals surface area contributed by atoms with Gasteiger partial charge in [-0.25, -0.2) is 0 Å². The summed E-state index contributed by atoms with van der Waals surface area (Å²) in [5, 5.41) is 10.3. The van der Waals surface area contributed by atoms with Gasteiger partial charge in [-0.3, -0.25) is 4.18 Å². The lowest BCUT2D eigenvalue weighted by molar-refractivity contribution is -0.0307. The minimum absolute atomic E-state index is 0.105. The number of benzene rings is 1. The Kier molecular flexibility index (Phi) is 5.29. The lowest BCUT2D eigenvalue weighted by atomic mass is 9.62. The Morgan fingerprint density at radius 3 is 2.60 bits per heavy atom. The Bertz CT molecular complexity index is 697. The van der Waals surface area contributed by atoms with Gasteiger partial charge in [-0.15, -0.1) is 0 Å². The van der Waals surface area contributed by atoms with Crippen LogP contribution in [0.5, 0.6) is 0 Å². The van der Waals surface area contributed by atoms with Crippen LogP contribution in [0.1, 0.15) is 51.5 Å². The molecule has 25 heavy (non-hydrogen) atoms. The lowest BCUT2D eigenvalue weighted by Gasteiger charge is -2.45. The van der Waals surface area contributed by atoms with E-state index in [1.807, 2.05) is 6.92 Å². The summed E-state index contributed by atoms with van der Waals surface area (Å²) in [4.78, 5) is 0.217. The van der Waals surface area contributed by atoms with Gasteiger partial charge in [-0.2, -0.15) is 8.42 Å².